The molecule has 6 nitrogen and oxygen atoms in total. The SMILES string of the molecule is C=C(C)C(=O)O.O=C(CNCc1ccccc1)OCC1CO1. The molecule has 2 rings (SSSR count). The molecule has 0 bridgehead atoms. The minimum atomic E-state index is -0.935. The van der Waals surface area contributed by atoms with E-state index in [-0.39, 0.29) is 24.2 Å². The van der Waals surface area contributed by atoms with Crippen molar-refractivity contribution in [3.63, 3.8) is 0 Å². The third-order valence-electron chi connectivity index (χ3n) is 2.64. The zero-order chi connectivity index (χ0) is 16.4. The van der Waals surface area contributed by atoms with Crippen molar-refractivity contribution in [1.82, 2.24) is 5.32 Å². The van der Waals surface area contributed by atoms with Crippen molar-refractivity contribution in [2.24, 2.45) is 0 Å². The summed E-state index contributed by atoms with van der Waals surface area (Å²) in [4.78, 5) is 20.8. The first-order valence-electron chi connectivity index (χ1n) is 6.89. The molecule has 1 aromatic rings. The van der Waals surface area contributed by atoms with Crippen molar-refractivity contribution < 1.29 is 24.2 Å². The Balaban J connectivity index is 0.000000346. The Morgan fingerprint density at radius 2 is 2.00 bits per heavy atom. The van der Waals surface area contributed by atoms with Gasteiger partial charge in [0.05, 0.1) is 13.2 Å². The number of rotatable bonds is 7. The number of carbonyl (C=O) groups is 2. The number of ether oxygens (including phenoxy) is 2. The Morgan fingerprint density at radius 1 is 1.41 bits per heavy atom. The summed E-state index contributed by atoms with van der Waals surface area (Å²) in [5.74, 6) is -1.17. The van der Waals surface area contributed by atoms with Gasteiger partial charge in [-0.3, -0.25) is 4.79 Å². The van der Waals surface area contributed by atoms with Gasteiger partial charge in [0.1, 0.15) is 12.7 Å². The summed E-state index contributed by atoms with van der Waals surface area (Å²) in [7, 11) is 0. The first-order valence-corrected chi connectivity index (χ1v) is 6.89. The summed E-state index contributed by atoms with van der Waals surface area (Å²) in [6.45, 7) is 6.61. The van der Waals surface area contributed by atoms with Gasteiger partial charge in [-0.15, -0.1) is 0 Å². The van der Waals surface area contributed by atoms with Gasteiger partial charge in [0.25, 0.3) is 0 Å². The molecule has 1 atom stereocenters. The molecule has 1 unspecified atom stereocenters. The fourth-order valence-electron chi connectivity index (χ4n) is 1.31. The van der Waals surface area contributed by atoms with E-state index in [4.69, 9.17) is 14.6 Å². The van der Waals surface area contributed by atoms with E-state index in [0.29, 0.717) is 19.8 Å². The normalized spacial score (nSPS) is 15.2. The summed E-state index contributed by atoms with van der Waals surface area (Å²) < 4.78 is 9.91. The molecular weight excluding hydrogens is 286 g/mol. The maximum Gasteiger partial charge on any atom is 0.330 e. The highest BCUT2D eigenvalue weighted by Crippen LogP contribution is 2.08. The van der Waals surface area contributed by atoms with Crippen LogP contribution in [0.1, 0.15) is 12.5 Å². The molecule has 6 heteroatoms. The Morgan fingerprint density at radius 3 is 2.50 bits per heavy atom. The van der Waals surface area contributed by atoms with Gasteiger partial charge < -0.3 is 19.9 Å². The van der Waals surface area contributed by atoms with E-state index in [1.54, 1.807) is 0 Å². The molecule has 120 valence electrons. The lowest BCUT2D eigenvalue weighted by Gasteiger charge is -2.05. The Kier molecular flexibility index (Phi) is 7.88. The van der Waals surface area contributed by atoms with Crippen LogP contribution in [0.3, 0.4) is 0 Å². The van der Waals surface area contributed by atoms with Crippen molar-refractivity contribution >= 4 is 11.9 Å². The lowest BCUT2D eigenvalue weighted by Crippen LogP contribution is -2.25. The van der Waals surface area contributed by atoms with Crippen LogP contribution in [0.4, 0.5) is 0 Å². The Hall–Kier alpha value is -2.18. The highest BCUT2D eigenvalue weighted by Gasteiger charge is 2.23. The molecule has 0 spiro atoms. The molecular formula is C16H21NO5. The second kappa shape index (κ2) is 9.70. The highest BCUT2D eigenvalue weighted by atomic mass is 16.6. The smallest absolute Gasteiger partial charge is 0.330 e. The zero-order valence-corrected chi connectivity index (χ0v) is 12.6. The van der Waals surface area contributed by atoms with Crippen molar-refractivity contribution in [2.75, 3.05) is 19.8 Å². The molecule has 1 aliphatic rings. The van der Waals surface area contributed by atoms with Gasteiger partial charge in [-0.25, -0.2) is 4.79 Å². The van der Waals surface area contributed by atoms with E-state index in [1.165, 1.54) is 6.92 Å². The number of benzene rings is 1. The summed E-state index contributed by atoms with van der Waals surface area (Å²) in [6.07, 6.45) is 0.137. The molecule has 1 fully saturated rings. The second-order valence-electron chi connectivity index (χ2n) is 4.81. The second-order valence-corrected chi connectivity index (χ2v) is 4.81. The van der Waals surface area contributed by atoms with E-state index in [9.17, 15) is 9.59 Å². The van der Waals surface area contributed by atoms with E-state index in [1.807, 2.05) is 30.3 Å². The number of esters is 1. The lowest BCUT2D eigenvalue weighted by atomic mass is 10.2. The summed E-state index contributed by atoms with van der Waals surface area (Å²) in [5.41, 5.74) is 1.33. The van der Waals surface area contributed by atoms with Crippen LogP contribution in [0.5, 0.6) is 0 Å². The number of hydrogen-bond acceptors (Lipinski definition) is 5. The summed E-state index contributed by atoms with van der Waals surface area (Å²) >= 11 is 0. The monoisotopic (exact) mass is 307 g/mol. The lowest BCUT2D eigenvalue weighted by molar-refractivity contribution is -0.143. The van der Waals surface area contributed by atoms with E-state index < -0.39 is 5.97 Å². The van der Waals surface area contributed by atoms with Crippen molar-refractivity contribution in [2.45, 2.75) is 19.6 Å². The predicted molar refractivity (Wildman–Crippen MR) is 81.3 cm³/mol. The quantitative estimate of drug-likeness (QED) is 0.449. The van der Waals surface area contributed by atoms with Gasteiger partial charge in [-0.1, -0.05) is 36.9 Å². The third-order valence-corrected chi connectivity index (χ3v) is 2.64. The number of aliphatic carboxylic acids is 1. The first-order chi connectivity index (χ1) is 10.5. The largest absolute Gasteiger partial charge is 0.478 e. The number of carboxylic acids is 1. The van der Waals surface area contributed by atoms with Gasteiger partial charge in [0.2, 0.25) is 0 Å². The van der Waals surface area contributed by atoms with Gasteiger partial charge in [-0.05, 0) is 12.5 Å². The molecule has 0 radical (unpaired) electrons. The topological polar surface area (TPSA) is 88.2 Å². The van der Waals surface area contributed by atoms with Gasteiger partial charge in [0.15, 0.2) is 0 Å². The molecule has 1 saturated heterocycles. The average molecular weight is 307 g/mol. The molecule has 0 aliphatic carbocycles. The molecule has 0 amide bonds. The van der Waals surface area contributed by atoms with Crippen LogP contribution in [0, 0.1) is 0 Å². The maximum atomic E-state index is 11.2. The molecule has 0 aromatic heterocycles. The molecule has 0 saturated carbocycles. The molecule has 22 heavy (non-hydrogen) atoms. The summed E-state index contributed by atoms with van der Waals surface area (Å²) in [5, 5.41) is 10.9. The van der Waals surface area contributed by atoms with Crippen molar-refractivity contribution in [1.29, 1.82) is 0 Å². The first kappa shape index (κ1) is 17.9. The third kappa shape index (κ3) is 8.89. The number of epoxide rings is 1. The Bertz CT molecular complexity index is 485. The van der Waals surface area contributed by atoms with Crippen molar-refractivity contribution in [3.8, 4) is 0 Å². The molecule has 2 N–H and O–H groups in total. The highest BCUT2D eigenvalue weighted by molar-refractivity contribution is 5.84. The number of nitrogens with one attached hydrogen (secondary N) is 1. The van der Waals surface area contributed by atoms with Gasteiger partial charge >= 0.3 is 11.9 Å². The predicted octanol–water partition coefficient (Wildman–Crippen LogP) is 1.37. The van der Waals surface area contributed by atoms with Gasteiger partial charge in [0, 0.05) is 12.1 Å². The number of hydrogen-bond donors (Lipinski definition) is 2. The van der Waals surface area contributed by atoms with E-state index in [0.717, 1.165) is 5.56 Å². The van der Waals surface area contributed by atoms with Gasteiger partial charge in [-0.2, -0.15) is 0 Å². The van der Waals surface area contributed by atoms with E-state index in [2.05, 4.69) is 11.9 Å². The van der Waals surface area contributed by atoms with Crippen LogP contribution in [0.15, 0.2) is 42.5 Å². The van der Waals surface area contributed by atoms with Crippen LogP contribution in [0.2, 0.25) is 0 Å². The average Bonchev–Trinajstić information content (AvgIpc) is 3.31. The fraction of sp³-hybridized carbons (Fsp3) is 0.375. The zero-order valence-electron chi connectivity index (χ0n) is 12.6. The number of carbonyl (C=O) groups excluding carboxylic acids is 1. The molecule has 1 aliphatic heterocycles. The summed E-state index contributed by atoms with van der Waals surface area (Å²) in [6, 6.07) is 9.93. The Labute approximate surface area is 129 Å². The van der Waals surface area contributed by atoms with E-state index >= 15 is 0 Å². The van der Waals surface area contributed by atoms with Crippen molar-refractivity contribution in [3.05, 3.63) is 48.0 Å². The maximum absolute atomic E-state index is 11.2. The van der Waals surface area contributed by atoms with Crippen LogP contribution in [0.25, 0.3) is 0 Å². The number of carboxylic acid groups (broad SMARTS) is 1. The van der Waals surface area contributed by atoms with Crippen LogP contribution in [-0.2, 0) is 25.6 Å². The standard InChI is InChI=1S/C12H15NO3.C4H6O2/c14-12(16-9-11-8-15-11)7-13-6-10-4-2-1-3-5-10;1-3(2)4(5)6/h1-5,11,13H,6-9H2;1H2,2H3,(H,5,6). The fourth-order valence-corrected chi connectivity index (χ4v) is 1.31. The van der Waals surface area contributed by atoms with Crippen LogP contribution in [-0.4, -0.2) is 42.9 Å². The molecule has 1 heterocycles. The minimum Gasteiger partial charge on any atom is -0.478 e. The minimum absolute atomic E-state index is 0.137. The molecule has 1 aromatic carbocycles. The van der Waals surface area contributed by atoms with Crippen LogP contribution < -0.4 is 5.32 Å². The van der Waals surface area contributed by atoms with Crippen LogP contribution >= 0.6 is 0 Å².